The van der Waals surface area contributed by atoms with Crippen LogP contribution in [-0.2, 0) is 16.1 Å². The average Bonchev–Trinajstić information content (AvgIpc) is 3.30. The monoisotopic (exact) mass is 547 g/mol. The van der Waals surface area contributed by atoms with E-state index in [-0.39, 0.29) is 24.3 Å². The van der Waals surface area contributed by atoms with E-state index in [0.717, 1.165) is 56.4 Å². The maximum Gasteiger partial charge on any atom is 0.412 e. The molecule has 1 aliphatic carbocycles. The molecule has 0 bridgehead atoms. The third kappa shape index (κ3) is 7.13. The molecule has 214 valence electrons. The molecule has 3 amide bonds. The second-order valence-corrected chi connectivity index (χ2v) is 11.0. The first-order valence-electron chi connectivity index (χ1n) is 14.7. The van der Waals surface area contributed by atoms with E-state index in [2.05, 4.69) is 15.5 Å². The molecule has 2 heterocycles. The zero-order valence-electron chi connectivity index (χ0n) is 23.3. The Balaban J connectivity index is 1.29. The largest absolute Gasteiger partial charge is 0.444 e. The molecule has 0 atom stereocenters. The van der Waals surface area contributed by atoms with Crippen LogP contribution in [0.1, 0.15) is 54.4 Å². The average molecular weight is 548 g/mol. The van der Waals surface area contributed by atoms with E-state index in [1.807, 2.05) is 52.3 Å². The summed E-state index contributed by atoms with van der Waals surface area (Å²) < 4.78 is 5.50. The summed E-state index contributed by atoms with van der Waals surface area (Å²) >= 11 is 0. The molecule has 2 N–H and O–H groups in total. The molecule has 9 nitrogen and oxygen atoms in total. The van der Waals surface area contributed by atoms with Crippen molar-refractivity contribution in [2.75, 3.05) is 62.6 Å². The summed E-state index contributed by atoms with van der Waals surface area (Å²) in [6.45, 7) is 5.80. The Hall–Kier alpha value is -3.59. The summed E-state index contributed by atoms with van der Waals surface area (Å²) in [4.78, 5) is 45.3. The van der Waals surface area contributed by atoms with Crippen LogP contribution < -0.4 is 15.5 Å². The van der Waals surface area contributed by atoms with E-state index >= 15 is 0 Å². The number of nitrogens with zero attached hydrogens (tertiary/aromatic N) is 3. The van der Waals surface area contributed by atoms with Crippen LogP contribution >= 0.6 is 0 Å². The minimum absolute atomic E-state index is 0.0427. The number of carbonyl (C=O) groups excluding carboxylic acids is 3. The smallest absolute Gasteiger partial charge is 0.412 e. The number of carbonyl (C=O) groups is 3. The quantitative estimate of drug-likeness (QED) is 0.566. The molecule has 3 fully saturated rings. The predicted octanol–water partition coefficient (Wildman–Crippen LogP) is 4.10. The molecule has 0 unspecified atom stereocenters. The number of anilines is 2. The highest BCUT2D eigenvalue weighted by Crippen LogP contribution is 2.31. The van der Waals surface area contributed by atoms with Crippen LogP contribution in [0.2, 0.25) is 0 Å². The highest BCUT2D eigenvalue weighted by atomic mass is 16.5. The van der Waals surface area contributed by atoms with Crippen LogP contribution in [0.25, 0.3) is 0 Å². The maximum absolute atomic E-state index is 13.4. The van der Waals surface area contributed by atoms with Crippen molar-refractivity contribution in [3.8, 4) is 0 Å². The van der Waals surface area contributed by atoms with Crippen LogP contribution in [0.4, 0.5) is 16.2 Å². The fourth-order valence-corrected chi connectivity index (χ4v) is 5.92. The lowest BCUT2D eigenvalue weighted by molar-refractivity contribution is -0.136. The molecule has 40 heavy (non-hydrogen) atoms. The van der Waals surface area contributed by atoms with Gasteiger partial charge < -0.3 is 24.8 Å². The van der Waals surface area contributed by atoms with Crippen LogP contribution in [0, 0.1) is 5.92 Å². The molecule has 1 saturated carbocycles. The Morgan fingerprint density at radius 2 is 1.60 bits per heavy atom. The molecule has 2 aromatic carbocycles. The van der Waals surface area contributed by atoms with Crippen LogP contribution in [0.5, 0.6) is 0 Å². The minimum atomic E-state index is -0.570. The molecule has 0 aromatic heterocycles. The highest BCUT2D eigenvalue weighted by molar-refractivity contribution is 5.98. The van der Waals surface area contributed by atoms with E-state index in [9.17, 15) is 14.4 Å². The number of hydrogen-bond acceptors (Lipinski definition) is 6. The van der Waals surface area contributed by atoms with Crippen molar-refractivity contribution in [1.29, 1.82) is 0 Å². The number of piperazine rings is 1. The molecular weight excluding hydrogens is 506 g/mol. The molecule has 9 heteroatoms. The van der Waals surface area contributed by atoms with Crippen molar-refractivity contribution in [2.45, 2.75) is 45.1 Å². The Bertz CT molecular complexity index is 1150. The first-order valence-corrected chi connectivity index (χ1v) is 14.7. The van der Waals surface area contributed by atoms with Crippen molar-refractivity contribution in [3.05, 3.63) is 59.7 Å². The van der Waals surface area contributed by atoms with Gasteiger partial charge in [0.05, 0.1) is 11.4 Å². The zero-order valence-corrected chi connectivity index (χ0v) is 23.3. The first kappa shape index (κ1) is 28.0. The van der Waals surface area contributed by atoms with Gasteiger partial charge in [-0.25, -0.2) is 4.79 Å². The molecule has 2 aromatic rings. The lowest BCUT2D eigenvalue weighted by Crippen LogP contribution is -2.50. The van der Waals surface area contributed by atoms with E-state index in [0.29, 0.717) is 50.5 Å². The van der Waals surface area contributed by atoms with Crippen molar-refractivity contribution >= 4 is 29.3 Å². The lowest BCUT2D eigenvalue weighted by Gasteiger charge is -2.39. The number of amides is 3. The van der Waals surface area contributed by atoms with Gasteiger partial charge in [-0.3, -0.25) is 14.9 Å². The summed E-state index contributed by atoms with van der Waals surface area (Å²) in [5.74, 6) is 0.408. The molecule has 5 rings (SSSR count). The normalized spacial score (nSPS) is 18.6. The Morgan fingerprint density at radius 3 is 2.38 bits per heavy atom. The van der Waals surface area contributed by atoms with Crippen LogP contribution in [0.15, 0.2) is 48.5 Å². The number of rotatable bonds is 6. The maximum atomic E-state index is 13.4. The van der Waals surface area contributed by atoms with Gasteiger partial charge in [0.2, 0.25) is 5.91 Å². The van der Waals surface area contributed by atoms with E-state index < -0.39 is 6.09 Å². The summed E-state index contributed by atoms with van der Waals surface area (Å²) in [5.41, 5.74) is 2.81. The molecule has 3 aliphatic rings. The van der Waals surface area contributed by atoms with Gasteiger partial charge in [0, 0.05) is 57.3 Å². The minimum Gasteiger partial charge on any atom is -0.444 e. The zero-order chi connectivity index (χ0) is 27.7. The second-order valence-electron chi connectivity index (χ2n) is 11.0. The number of hydrogen-bond donors (Lipinski definition) is 2. The van der Waals surface area contributed by atoms with E-state index in [1.165, 1.54) is 6.42 Å². The van der Waals surface area contributed by atoms with Gasteiger partial charge in [0.25, 0.3) is 5.91 Å². The van der Waals surface area contributed by atoms with Crippen molar-refractivity contribution < 1.29 is 19.1 Å². The molecule has 2 aliphatic heterocycles. The predicted molar refractivity (Wildman–Crippen MR) is 155 cm³/mol. The topological polar surface area (TPSA) is 94.2 Å². The Labute approximate surface area is 236 Å². The lowest BCUT2D eigenvalue weighted by atomic mass is 9.88. The fourth-order valence-electron chi connectivity index (χ4n) is 5.92. The van der Waals surface area contributed by atoms with Crippen LogP contribution in [0.3, 0.4) is 0 Å². The van der Waals surface area contributed by atoms with Crippen molar-refractivity contribution in [3.63, 3.8) is 0 Å². The van der Waals surface area contributed by atoms with Gasteiger partial charge in [-0.1, -0.05) is 49.6 Å². The standard InChI is InChI=1S/C31H41N5O4/c37-29(25-10-5-2-6-11-25)36-20-18-34(19-21-36)28-13-12-26(30(38)35-16-7-14-32-15-17-35)22-27(28)33-31(39)40-23-24-8-3-1-4-9-24/h1,3-4,8-9,12-13,22,25,32H,2,5-7,10-11,14-21,23H2,(H,33,39). The number of ether oxygens (including phenoxy) is 1. The van der Waals surface area contributed by atoms with Crippen LogP contribution in [-0.4, -0.2) is 80.1 Å². The number of benzene rings is 2. The fraction of sp³-hybridized carbons (Fsp3) is 0.516. The Kier molecular flexibility index (Phi) is 9.54. The Morgan fingerprint density at radius 1 is 0.825 bits per heavy atom. The highest BCUT2D eigenvalue weighted by Gasteiger charge is 2.29. The summed E-state index contributed by atoms with van der Waals surface area (Å²) in [6.07, 6.45) is 5.86. The number of nitrogens with one attached hydrogen (secondary N) is 2. The molecule has 0 spiro atoms. The summed E-state index contributed by atoms with van der Waals surface area (Å²) in [6, 6.07) is 15.1. The van der Waals surface area contributed by atoms with Crippen molar-refractivity contribution in [2.24, 2.45) is 5.92 Å². The van der Waals surface area contributed by atoms with Gasteiger partial charge >= 0.3 is 6.09 Å². The SMILES string of the molecule is O=C(Nc1cc(C(=O)N2CCCNCC2)ccc1N1CCN(C(=O)C2CCCCC2)CC1)OCc1ccccc1. The molecule has 0 radical (unpaired) electrons. The summed E-state index contributed by atoms with van der Waals surface area (Å²) in [5, 5.41) is 6.24. The molecular formula is C31H41N5O4. The van der Waals surface area contributed by atoms with Gasteiger partial charge in [0.15, 0.2) is 0 Å². The summed E-state index contributed by atoms with van der Waals surface area (Å²) in [7, 11) is 0. The van der Waals surface area contributed by atoms with Crippen molar-refractivity contribution in [1.82, 2.24) is 15.1 Å². The van der Waals surface area contributed by atoms with Gasteiger partial charge in [0.1, 0.15) is 6.61 Å². The van der Waals surface area contributed by atoms with Gasteiger partial charge in [-0.15, -0.1) is 0 Å². The third-order valence-corrected chi connectivity index (χ3v) is 8.21. The third-order valence-electron chi connectivity index (χ3n) is 8.21. The van der Waals surface area contributed by atoms with Gasteiger partial charge in [-0.2, -0.15) is 0 Å². The van der Waals surface area contributed by atoms with Gasteiger partial charge in [-0.05, 0) is 49.6 Å². The van der Waals surface area contributed by atoms with E-state index in [1.54, 1.807) is 6.07 Å². The molecule has 2 saturated heterocycles. The first-order chi connectivity index (χ1) is 19.6. The van der Waals surface area contributed by atoms with E-state index in [4.69, 9.17) is 4.74 Å². The second kappa shape index (κ2) is 13.7.